The molecule has 1 aliphatic carbocycles. The number of esters is 1. The molecule has 0 radical (unpaired) electrons. The molecule has 30 heavy (non-hydrogen) atoms. The van der Waals surface area contributed by atoms with Crippen molar-refractivity contribution in [1.82, 2.24) is 0 Å². The molecule has 3 rings (SSSR count). The molecule has 162 valence electrons. The molecule has 2 aromatic rings. The van der Waals surface area contributed by atoms with Crippen molar-refractivity contribution in [2.45, 2.75) is 57.7 Å². The van der Waals surface area contributed by atoms with Crippen molar-refractivity contribution in [2.75, 3.05) is 0 Å². The predicted molar refractivity (Wildman–Crippen MR) is 104 cm³/mol. The summed E-state index contributed by atoms with van der Waals surface area (Å²) in [4.78, 5) is 12.3. The first-order chi connectivity index (χ1) is 14.2. The monoisotopic (exact) mass is 424 g/mol. The minimum Gasteiger partial charge on any atom is -0.423 e. The lowest BCUT2D eigenvalue weighted by Gasteiger charge is -2.28. The first-order valence-corrected chi connectivity index (χ1v) is 10.1. The van der Waals surface area contributed by atoms with Gasteiger partial charge in [-0.1, -0.05) is 25.8 Å². The van der Waals surface area contributed by atoms with E-state index in [1.807, 2.05) is 0 Å². The molecular formula is C23H24F4O3. The van der Waals surface area contributed by atoms with Crippen molar-refractivity contribution < 1.29 is 31.8 Å². The zero-order valence-electron chi connectivity index (χ0n) is 16.7. The number of hydrogen-bond donors (Lipinski definition) is 0. The average molecular weight is 424 g/mol. The van der Waals surface area contributed by atoms with E-state index in [4.69, 9.17) is 4.74 Å². The summed E-state index contributed by atoms with van der Waals surface area (Å²) < 4.78 is 60.0. The smallest absolute Gasteiger partial charge is 0.423 e. The van der Waals surface area contributed by atoms with Gasteiger partial charge in [-0.2, -0.15) is 0 Å². The van der Waals surface area contributed by atoms with Crippen LogP contribution in [0.5, 0.6) is 11.5 Å². The van der Waals surface area contributed by atoms with Crippen LogP contribution < -0.4 is 9.47 Å². The molecule has 0 amide bonds. The molecule has 0 bridgehead atoms. The summed E-state index contributed by atoms with van der Waals surface area (Å²) in [6.45, 7) is 2.18. The Morgan fingerprint density at radius 3 is 2.20 bits per heavy atom. The standard InChI is InChI=1S/C23H24F4O3/c1-2-3-15-4-6-16(7-5-15)17-8-13-20(21(24)14-17)22(28)29-18-9-11-19(12-10-18)30-23(25,26)27/h8-16H,2-7H2,1H3/t15-,16-. The number of ether oxygens (including phenoxy) is 2. The Labute approximate surface area is 173 Å². The van der Waals surface area contributed by atoms with E-state index in [-0.39, 0.29) is 11.3 Å². The van der Waals surface area contributed by atoms with Gasteiger partial charge in [-0.15, -0.1) is 13.2 Å². The summed E-state index contributed by atoms with van der Waals surface area (Å²) in [5.41, 5.74) is 0.668. The predicted octanol–water partition coefficient (Wildman–Crippen LogP) is 7.02. The lowest BCUT2D eigenvalue weighted by molar-refractivity contribution is -0.274. The van der Waals surface area contributed by atoms with E-state index in [0.29, 0.717) is 5.92 Å². The zero-order valence-corrected chi connectivity index (χ0v) is 16.7. The quantitative estimate of drug-likeness (QED) is 0.284. The summed E-state index contributed by atoms with van der Waals surface area (Å²) in [6.07, 6.45) is 1.91. The second kappa shape index (κ2) is 9.49. The highest BCUT2D eigenvalue weighted by molar-refractivity contribution is 5.91. The minimum absolute atomic E-state index is 0.00718. The molecule has 0 aliphatic heterocycles. The summed E-state index contributed by atoms with van der Waals surface area (Å²) in [5, 5.41) is 0. The highest BCUT2D eigenvalue weighted by atomic mass is 19.4. The Hall–Kier alpha value is -2.57. The van der Waals surface area contributed by atoms with Gasteiger partial charge in [0.2, 0.25) is 0 Å². The maximum Gasteiger partial charge on any atom is 0.573 e. The van der Waals surface area contributed by atoms with Crippen LogP contribution in [0.1, 0.15) is 67.3 Å². The van der Waals surface area contributed by atoms with Crippen LogP contribution in [-0.2, 0) is 0 Å². The van der Waals surface area contributed by atoms with Gasteiger partial charge in [0.1, 0.15) is 17.3 Å². The number of rotatable bonds is 6. The molecule has 0 N–H and O–H groups in total. The molecule has 1 aliphatic rings. The normalized spacial score (nSPS) is 19.4. The fraction of sp³-hybridized carbons (Fsp3) is 0.435. The summed E-state index contributed by atoms with van der Waals surface area (Å²) in [6, 6.07) is 8.90. The van der Waals surface area contributed by atoms with E-state index in [1.54, 1.807) is 6.07 Å². The van der Waals surface area contributed by atoms with Crippen LogP contribution in [0.15, 0.2) is 42.5 Å². The first-order valence-electron chi connectivity index (χ1n) is 10.1. The van der Waals surface area contributed by atoms with Crippen molar-refractivity contribution in [3.05, 3.63) is 59.4 Å². The molecular weight excluding hydrogens is 400 g/mol. The average Bonchev–Trinajstić information content (AvgIpc) is 2.69. The second-order valence-corrected chi connectivity index (χ2v) is 7.65. The summed E-state index contributed by atoms with van der Waals surface area (Å²) in [5.74, 6) is -0.976. The van der Waals surface area contributed by atoms with E-state index in [0.717, 1.165) is 61.4 Å². The molecule has 0 heterocycles. The highest BCUT2D eigenvalue weighted by Gasteiger charge is 2.31. The van der Waals surface area contributed by atoms with E-state index >= 15 is 0 Å². The van der Waals surface area contributed by atoms with Crippen LogP contribution in [0.3, 0.4) is 0 Å². The van der Waals surface area contributed by atoms with Gasteiger partial charge in [0.25, 0.3) is 0 Å². The maximum absolute atomic E-state index is 14.6. The Balaban J connectivity index is 1.61. The molecule has 0 unspecified atom stereocenters. The SMILES string of the molecule is CCC[C@H]1CC[C@H](c2ccc(C(=O)Oc3ccc(OC(F)(F)F)cc3)c(F)c2)CC1. The van der Waals surface area contributed by atoms with Gasteiger partial charge in [-0.25, -0.2) is 9.18 Å². The molecule has 0 atom stereocenters. The van der Waals surface area contributed by atoms with Crippen molar-refractivity contribution in [3.8, 4) is 11.5 Å². The van der Waals surface area contributed by atoms with Gasteiger partial charge in [-0.3, -0.25) is 0 Å². The van der Waals surface area contributed by atoms with Crippen molar-refractivity contribution in [1.29, 1.82) is 0 Å². The third-order valence-electron chi connectivity index (χ3n) is 5.50. The Morgan fingerprint density at radius 2 is 1.63 bits per heavy atom. The third-order valence-corrected chi connectivity index (χ3v) is 5.50. The largest absolute Gasteiger partial charge is 0.573 e. The Kier molecular flexibility index (Phi) is 7.00. The number of carbonyl (C=O) groups is 1. The third kappa shape index (κ3) is 5.97. The molecule has 1 saturated carbocycles. The van der Waals surface area contributed by atoms with Crippen LogP contribution in [0.25, 0.3) is 0 Å². The van der Waals surface area contributed by atoms with E-state index in [1.165, 1.54) is 25.0 Å². The van der Waals surface area contributed by atoms with Crippen LogP contribution in [-0.4, -0.2) is 12.3 Å². The van der Waals surface area contributed by atoms with Gasteiger partial charge in [0.15, 0.2) is 0 Å². The van der Waals surface area contributed by atoms with Gasteiger partial charge < -0.3 is 9.47 Å². The molecule has 7 heteroatoms. The van der Waals surface area contributed by atoms with E-state index < -0.39 is 23.9 Å². The van der Waals surface area contributed by atoms with Crippen LogP contribution >= 0.6 is 0 Å². The Morgan fingerprint density at radius 1 is 1.00 bits per heavy atom. The highest BCUT2D eigenvalue weighted by Crippen LogP contribution is 2.38. The van der Waals surface area contributed by atoms with Crippen LogP contribution in [0, 0.1) is 11.7 Å². The van der Waals surface area contributed by atoms with Crippen molar-refractivity contribution >= 4 is 5.97 Å². The number of benzene rings is 2. The molecule has 2 aromatic carbocycles. The maximum atomic E-state index is 14.6. The lowest BCUT2D eigenvalue weighted by atomic mass is 9.77. The molecule has 0 aromatic heterocycles. The number of carbonyl (C=O) groups excluding carboxylic acids is 1. The van der Waals surface area contributed by atoms with Gasteiger partial charge in [-0.05, 0) is 79.5 Å². The number of halogens is 4. The molecule has 0 spiro atoms. The first kappa shape index (κ1) is 22.1. The van der Waals surface area contributed by atoms with Crippen LogP contribution in [0.2, 0.25) is 0 Å². The topological polar surface area (TPSA) is 35.5 Å². The number of hydrogen-bond acceptors (Lipinski definition) is 3. The summed E-state index contributed by atoms with van der Waals surface area (Å²) >= 11 is 0. The molecule has 3 nitrogen and oxygen atoms in total. The zero-order chi connectivity index (χ0) is 21.7. The summed E-state index contributed by atoms with van der Waals surface area (Å²) in [7, 11) is 0. The fourth-order valence-electron chi connectivity index (χ4n) is 4.01. The van der Waals surface area contributed by atoms with Gasteiger partial charge in [0.05, 0.1) is 5.56 Å². The van der Waals surface area contributed by atoms with Crippen LogP contribution in [0.4, 0.5) is 17.6 Å². The van der Waals surface area contributed by atoms with Gasteiger partial charge >= 0.3 is 12.3 Å². The molecule has 1 fully saturated rings. The number of alkyl halides is 3. The van der Waals surface area contributed by atoms with Crippen molar-refractivity contribution in [3.63, 3.8) is 0 Å². The van der Waals surface area contributed by atoms with E-state index in [9.17, 15) is 22.4 Å². The van der Waals surface area contributed by atoms with E-state index in [2.05, 4.69) is 11.7 Å². The minimum atomic E-state index is -4.81. The lowest BCUT2D eigenvalue weighted by Crippen LogP contribution is -2.17. The van der Waals surface area contributed by atoms with Crippen molar-refractivity contribution in [2.24, 2.45) is 5.92 Å². The molecule has 0 saturated heterocycles. The second-order valence-electron chi connectivity index (χ2n) is 7.65. The Bertz CT molecular complexity index is 854. The fourth-order valence-corrected chi connectivity index (χ4v) is 4.01. The van der Waals surface area contributed by atoms with Gasteiger partial charge in [0, 0.05) is 0 Å².